The van der Waals surface area contributed by atoms with Crippen LogP contribution in [0.2, 0.25) is 5.02 Å². The van der Waals surface area contributed by atoms with Crippen LogP contribution in [-0.4, -0.2) is 14.9 Å². The molecule has 0 bridgehead atoms. The summed E-state index contributed by atoms with van der Waals surface area (Å²) in [6.45, 7) is 5.82. The van der Waals surface area contributed by atoms with Crippen molar-refractivity contribution < 1.29 is 9.50 Å². The molecule has 0 aliphatic heterocycles. The van der Waals surface area contributed by atoms with E-state index in [0.29, 0.717) is 17.1 Å². The molecule has 0 radical (unpaired) electrons. The van der Waals surface area contributed by atoms with Crippen LogP contribution in [0.4, 0.5) is 4.39 Å². The molecule has 1 aromatic heterocycles. The molecule has 0 saturated carbocycles. The third-order valence-electron chi connectivity index (χ3n) is 3.18. The largest absolute Gasteiger partial charge is 0.389 e. The molecule has 1 N–H and O–H groups in total. The summed E-state index contributed by atoms with van der Waals surface area (Å²) >= 11 is 6.05. The van der Waals surface area contributed by atoms with Crippen LogP contribution >= 0.6 is 11.6 Å². The van der Waals surface area contributed by atoms with E-state index >= 15 is 0 Å². The zero-order valence-electron chi connectivity index (χ0n) is 11.1. The smallest absolute Gasteiger partial charge is 0.123 e. The Morgan fingerprint density at radius 3 is 2.68 bits per heavy atom. The van der Waals surface area contributed by atoms with Gasteiger partial charge in [0.25, 0.3) is 0 Å². The summed E-state index contributed by atoms with van der Waals surface area (Å²) < 4.78 is 15.0. The molecule has 0 aliphatic carbocycles. The molecule has 0 fully saturated rings. The lowest BCUT2D eigenvalue weighted by atomic mass is 10.1. The number of rotatable bonds is 3. The Labute approximate surface area is 116 Å². The molecular formula is C14H16ClFN2O. The lowest BCUT2D eigenvalue weighted by molar-refractivity contribution is 0.197. The first-order valence-electron chi connectivity index (χ1n) is 6.06. The summed E-state index contributed by atoms with van der Waals surface area (Å²) in [6, 6.07) is 4.27. The van der Waals surface area contributed by atoms with Crippen molar-refractivity contribution in [3.05, 3.63) is 51.6 Å². The van der Waals surface area contributed by atoms with Gasteiger partial charge in [-0.3, -0.25) is 4.68 Å². The molecule has 1 atom stereocenters. The van der Waals surface area contributed by atoms with Gasteiger partial charge in [-0.05, 0) is 44.5 Å². The molecule has 1 aromatic carbocycles. The fourth-order valence-electron chi connectivity index (χ4n) is 2.30. The topological polar surface area (TPSA) is 38.0 Å². The molecule has 102 valence electrons. The van der Waals surface area contributed by atoms with Gasteiger partial charge in [0.1, 0.15) is 5.82 Å². The first-order chi connectivity index (χ1) is 8.90. The highest BCUT2D eigenvalue weighted by atomic mass is 35.5. The Hall–Kier alpha value is -1.39. The van der Waals surface area contributed by atoms with Crippen LogP contribution in [0.15, 0.2) is 18.2 Å². The molecule has 0 amide bonds. The predicted octanol–water partition coefficient (Wildman–Crippen LogP) is 3.39. The lowest BCUT2D eigenvalue weighted by Crippen LogP contribution is -2.05. The number of aromatic nitrogens is 2. The Bertz CT molecular complexity index is 608. The summed E-state index contributed by atoms with van der Waals surface area (Å²) in [5.74, 6) is -0.323. The van der Waals surface area contributed by atoms with Crippen molar-refractivity contribution in [2.45, 2.75) is 33.4 Å². The quantitative estimate of drug-likeness (QED) is 0.937. The lowest BCUT2D eigenvalue weighted by Gasteiger charge is -2.08. The van der Waals surface area contributed by atoms with E-state index in [1.165, 1.54) is 18.2 Å². The maximum atomic E-state index is 13.2. The Balaban J connectivity index is 2.39. The minimum Gasteiger partial charge on any atom is -0.389 e. The molecule has 0 saturated heterocycles. The van der Waals surface area contributed by atoms with E-state index in [4.69, 9.17) is 11.6 Å². The summed E-state index contributed by atoms with van der Waals surface area (Å²) in [7, 11) is 0. The zero-order chi connectivity index (χ0) is 14.2. The molecule has 0 aliphatic rings. The number of aryl methyl sites for hydroxylation is 1. The molecule has 0 spiro atoms. The maximum absolute atomic E-state index is 13.2. The van der Waals surface area contributed by atoms with Crippen molar-refractivity contribution in [3.8, 4) is 0 Å². The highest BCUT2D eigenvalue weighted by molar-refractivity contribution is 6.31. The second-order valence-corrected chi connectivity index (χ2v) is 5.06. The summed E-state index contributed by atoms with van der Waals surface area (Å²) in [6.07, 6.45) is -0.572. The zero-order valence-corrected chi connectivity index (χ0v) is 11.9. The van der Waals surface area contributed by atoms with E-state index in [9.17, 15) is 9.50 Å². The van der Waals surface area contributed by atoms with Crippen molar-refractivity contribution in [2.75, 3.05) is 0 Å². The van der Waals surface area contributed by atoms with Crippen LogP contribution in [0.5, 0.6) is 0 Å². The first kappa shape index (κ1) is 14.0. The third kappa shape index (κ3) is 2.80. The number of benzene rings is 1. The highest BCUT2D eigenvalue weighted by Crippen LogP contribution is 2.23. The van der Waals surface area contributed by atoms with E-state index in [0.717, 1.165) is 17.0 Å². The van der Waals surface area contributed by atoms with Crippen molar-refractivity contribution in [3.63, 3.8) is 0 Å². The molecule has 2 aromatic rings. The summed E-state index contributed by atoms with van der Waals surface area (Å²) in [5, 5.41) is 14.6. The third-order valence-corrected chi connectivity index (χ3v) is 3.55. The van der Waals surface area contributed by atoms with Crippen LogP contribution in [0.3, 0.4) is 0 Å². The van der Waals surface area contributed by atoms with Crippen LogP contribution in [0.1, 0.15) is 35.5 Å². The van der Waals surface area contributed by atoms with Gasteiger partial charge in [0, 0.05) is 16.3 Å². The molecule has 1 unspecified atom stereocenters. The van der Waals surface area contributed by atoms with Gasteiger partial charge in [-0.1, -0.05) is 11.6 Å². The molecule has 19 heavy (non-hydrogen) atoms. The Kier molecular flexibility index (Phi) is 3.92. The van der Waals surface area contributed by atoms with Crippen molar-refractivity contribution >= 4 is 11.6 Å². The number of hydrogen-bond donors (Lipinski definition) is 1. The number of hydrogen-bond acceptors (Lipinski definition) is 2. The van der Waals surface area contributed by atoms with E-state index in [-0.39, 0.29) is 5.82 Å². The Morgan fingerprint density at radius 2 is 2.11 bits per heavy atom. The number of halogens is 2. The van der Waals surface area contributed by atoms with E-state index in [1.807, 2.05) is 13.8 Å². The summed E-state index contributed by atoms with van der Waals surface area (Å²) in [4.78, 5) is 0. The molecule has 5 heteroatoms. The van der Waals surface area contributed by atoms with Crippen LogP contribution < -0.4 is 0 Å². The standard InChI is InChI=1S/C14H16ClFN2O/c1-8-14(10(3)19)9(2)18(17-8)7-11-6-12(16)4-5-13(11)15/h4-6,10,19H,7H2,1-3H3. The van der Waals surface area contributed by atoms with Gasteiger partial charge < -0.3 is 5.11 Å². The van der Waals surface area contributed by atoms with Crippen molar-refractivity contribution in [1.82, 2.24) is 9.78 Å². The predicted molar refractivity (Wildman–Crippen MR) is 72.8 cm³/mol. The molecule has 1 heterocycles. The SMILES string of the molecule is Cc1nn(Cc2cc(F)ccc2Cl)c(C)c1C(C)O. The molecular weight excluding hydrogens is 267 g/mol. The maximum Gasteiger partial charge on any atom is 0.123 e. The number of nitrogens with zero attached hydrogens (tertiary/aromatic N) is 2. The van der Waals surface area contributed by atoms with Gasteiger partial charge in [-0.15, -0.1) is 0 Å². The van der Waals surface area contributed by atoms with E-state index in [1.54, 1.807) is 11.6 Å². The minimum atomic E-state index is -0.572. The van der Waals surface area contributed by atoms with Gasteiger partial charge in [-0.2, -0.15) is 5.10 Å². The average molecular weight is 283 g/mol. The van der Waals surface area contributed by atoms with Gasteiger partial charge in [-0.25, -0.2) is 4.39 Å². The fraction of sp³-hybridized carbons (Fsp3) is 0.357. The average Bonchev–Trinajstić information content (AvgIpc) is 2.59. The fourth-order valence-corrected chi connectivity index (χ4v) is 2.47. The van der Waals surface area contributed by atoms with Gasteiger partial charge >= 0.3 is 0 Å². The monoisotopic (exact) mass is 282 g/mol. The second-order valence-electron chi connectivity index (χ2n) is 4.65. The Morgan fingerprint density at radius 1 is 1.42 bits per heavy atom. The number of aliphatic hydroxyl groups is 1. The van der Waals surface area contributed by atoms with Crippen molar-refractivity contribution in [2.24, 2.45) is 0 Å². The molecule has 2 rings (SSSR count). The van der Waals surface area contributed by atoms with Gasteiger partial charge in [0.2, 0.25) is 0 Å². The van der Waals surface area contributed by atoms with Gasteiger partial charge in [0.15, 0.2) is 0 Å². The van der Waals surface area contributed by atoms with E-state index < -0.39 is 6.10 Å². The number of aliphatic hydroxyl groups excluding tert-OH is 1. The molecule has 3 nitrogen and oxygen atoms in total. The highest BCUT2D eigenvalue weighted by Gasteiger charge is 2.16. The van der Waals surface area contributed by atoms with Crippen LogP contribution in [0, 0.1) is 19.7 Å². The second kappa shape index (κ2) is 5.31. The normalized spacial score (nSPS) is 12.7. The van der Waals surface area contributed by atoms with E-state index in [2.05, 4.69) is 5.10 Å². The first-order valence-corrected chi connectivity index (χ1v) is 6.44. The van der Waals surface area contributed by atoms with Crippen molar-refractivity contribution in [1.29, 1.82) is 0 Å². The van der Waals surface area contributed by atoms with Crippen LogP contribution in [0.25, 0.3) is 0 Å². The minimum absolute atomic E-state index is 0.323. The van der Waals surface area contributed by atoms with Crippen LogP contribution in [-0.2, 0) is 6.54 Å². The summed E-state index contributed by atoms with van der Waals surface area (Å²) in [5.41, 5.74) is 3.13. The van der Waals surface area contributed by atoms with Gasteiger partial charge in [0.05, 0.1) is 18.3 Å².